The Bertz CT molecular complexity index is 972. The first-order valence-electron chi connectivity index (χ1n) is 9.89. The van der Waals surface area contributed by atoms with Crippen LogP contribution in [0, 0.1) is 5.92 Å². The van der Waals surface area contributed by atoms with Gasteiger partial charge in [-0.3, -0.25) is 0 Å². The Labute approximate surface area is 162 Å². The van der Waals surface area contributed by atoms with Gasteiger partial charge in [-0.2, -0.15) is 0 Å². The zero-order chi connectivity index (χ0) is 19.0. The Balaban J connectivity index is 1.87. The molecule has 0 radical (unpaired) electrons. The zero-order valence-electron chi connectivity index (χ0n) is 16.4. The second-order valence-electron chi connectivity index (χ2n) is 8.04. The summed E-state index contributed by atoms with van der Waals surface area (Å²) in [5, 5.41) is 2.55. The molecule has 4 rings (SSSR count). The minimum atomic E-state index is 0.208. The maximum absolute atomic E-state index is 6.29. The molecule has 0 saturated carbocycles. The average molecular weight is 357 g/mol. The summed E-state index contributed by atoms with van der Waals surface area (Å²) in [7, 11) is 0. The lowest BCUT2D eigenvalue weighted by atomic mass is 9.87. The zero-order valence-corrected chi connectivity index (χ0v) is 16.4. The van der Waals surface area contributed by atoms with Gasteiger partial charge in [0.15, 0.2) is 0 Å². The van der Waals surface area contributed by atoms with E-state index in [1.54, 1.807) is 0 Å². The van der Waals surface area contributed by atoms with Gasteiger partial charge in [0, 0.05) is 23.0 Å². The van der Waals surface area contributed by atoms with Gasteiger partial charge in [-0.05, 0) is 53.8 Å². The predicted molar refractivity (Wildman–Crippen MR) is 118 cm³/mol. The van der Waals surface area contributed by atoms with E-state index in [0.29, 0.717) is 12.0 Å². The molecule has 0 aliphatic heterocycles. The van der Waals surface area contributed by atoms with Gasteiger partial charge in [0.05, 0.1) is 6.04 Å². The highest BCUT2D eigenvalue weighted by molar-refractivity contribution is 6.00. The summed E-state index contributed by atoms with van der Waals surface area (Å²) in [4.78, 5) is 2.57. The number of benzene rings is 3. The van der Waals surface area contributed by atoms with E-state index in [-0.39, 0.29) is 6.04 Å². The monoisotopic (exact) mass is 356 g/mol. The molecule has 1 aliphatic rings. The van der Waals surface area contributed by atoms with Crippen LogP contribution in [0.25, 0.3) is 16.8 Å². The second-order valence-corrected chi connectivity index (χ2v) is 8.04. The number of para-hydroxylation sites is 1. The van der Waals surface area contributed by atoms with Crippen LogP contribution < -0.4 is 10.6 Å². The third kappa shape index (κ3) is 3.21. The largest absolute Gasteiger partial charge is 0.398 e. The minimum Gasteiger partial charge on any atom is -0.398 e. The molecule has 3 aromatic carbocycles. The van der Waals surface area contributed by atoms with Crippen LogP contribution in [0.1, 0.15) is 44.4 Å². The van der Waals surface area contributed by atoms with Crippen LogP contribution >= 0.6 is 0 Å². The van der Waals surface area contributed by atoms with Crippen LogP contribution in [-0.2, 0) is 0 Å². The van der Waals surface area contributed by atoms with Crippen molar-refractivity contribution in [1.82, 2.24) is 0 Å². The van der Waals surface area contributed by atoms with Crippen molar-refractivity contribution in [2.45, 2.75) is 39.3 Å². The fourth-order valence-electron chi connectivity index (χ4n) is 4.50. The molecule has 0 heterocycles. The van der Waals surface area contributed by atoms with Crippen molar-refractivity contribution < 1.29 is 0 Å². The molecule has 0 bridgehead atoms. The summed E-state index contributed by atoms with van der Waals surface area (Å²) in [6, 6.07) is 22.2. The van der Waals surface area contributed by atoms with E-state index in [2.05, 4.69) is 92.4 Å². The number of hydrogen-bond acceptors (Lipinski definition) is 2. The first-order chi connectivity index (χ1) is 13.1. The Morgan fingerprint density at radius 2 is 1.70 bits per heavy atom. The van der Waals surface area contributed by atoms with Gasteiger partial charge in [-0.25, -0.2) is 0 Å². The van der Waals surface area contributed by atoms with Gasteiger partial charge in [0.25, 0.3) is 0 Å². The third-order valence-corrected chi connectivity index (χ3v) is 5.56. The van der Waals surface area contributed by atoms with E-state index < -0.39 is 0 Å². The Morgan fingerprint density at radius 1 is 0.926 bits per heavy atom. The van der Waals surface area contributed by atoms with E-state index in [1.807, 2.05) is 6.07 Å². The molecule has 0 amide bonds. The van der Waals surface area contributed by atoms with Gasteiger partial charge in [-0.1, -0.05) is 68.5 Å². The van der Waals surface area contributed by atoms with Crippen LogP contribution in [-0.4, -0.2) is 6.04 Å². The first kappa shape index (κ1) is 17.7. The Hall–Kier alpha value is -2.74. The third-order valence-electron chi connectivity index (χ3n) is 5.56. The molecule has 2 nitrogen and oxygen atoms in total. The predicted octanol–water partition coefficient (Wildman–Crippen LogP) is 6.43. The van der Waals surface area contributed by atoms with Crippen molar-refractivity contribution in [2.75, 3.05) is 10.6 Å². The number of nitrogen functional groups attached to an aromatic ring is 1. The van der Waals surface area contributed by atoms with Crippen molar-refractivity contribution >= 4 is 28.2 Å². The molecule has 0 fully saturated rings. The van der Waals surface area contributed by atoms with E-state index in [4.69, 9.17) is 5.73 Å². The van der Waals surface area contributed by atoms with E-state index in [9.17, 15) is 0 Å². The van der Waals surface area contributed by atoms with Crippen LogP contribution in [0.4, 0.5) is 11.4 Å². The number of nitrogens with two attached hydrogens (primary N) is 1. The number of anilines is 2. The van der Waals surface area contributed by atoms with Crippen molar-refractivity contribution in [3.8, 4) is 0 Å². The summed E-state index contributed by atoms with van der Waals surface area (Å²) in [5.41, 5.74) is 10.9. The molecular formula is C25H28N2. The van der Waals surface area contributed by atoms with Gasteiger partial charge >= 0.3 is 0 Å². The minimum absolute atomic E-state index is 0.208. The number of nitrogens with zero attached hydrogens (tertiary/aromatic N) is 1. The Morgan fingerprint density at radius 3 is 2.44 bits per heavy atom. The molecule has 0 spiro atoms. The van der Waals surface area contributed by atoms with Crippen LogP contribution in [0.15, 0.2) is 66.7 Å². The molecule has 1 aliphatic carbocycles. The fourth-order valence-corrected chi connectivity index (χ4v) is 4.50. The van der Waals surface area contributed by atoms with Gasteiger partial charge in [-0.15, -0.1) is 0 Å². The number of hydrogen-bond donors (Lipinski definition) is 1. The topological polar surface area (TPSA) is 29.3 Å². The standard InChI is InChI=1S/C25H28N2/c1-17(2)16-18(3)27(20-9-5-4-6-10-20)24-15-13-21-23(26)14-12-19-8-7-11-22(24)25(19)21/h4-15,17-18,24H,16,26H2,1-3H3. The van der Waals surface area contributed by atoms with Gasteiger partial charge in [0.1, 0.15) is 0 Å². The summed E-state index contributed by atoms with van der Waals surface area (Å²) in [6.07, 6.45) is 5.68. The maximum atomic E-state index is 6.29. The van der Waals surface area contributed by atoms with E-state index in [1.165, 1.54) is 22.0 Å². The van der Waals surface area contributed by atoms with Crippen molar-refractivity contribution in [3.05, 3.63) is 77.9 Å². The molecule has 27 heavy (non-hydrogen) atoms. The summed E-state index contributed by atoms with van der Waals surface area (Å²) >= 11 is 0. The molecule has 2 atom stereocenters. The lowest BCUT2D eigenvalue weighted by Crippen LogP contribution is -2.37. The highest BCUT2D eigenvalue weighted by atomic mass is 15.2. The van der Waals surface area contributed by atoms with Gasteiger partial charge < -0.3 is 10.6 Å². The quantitative estimate of drug-likeness (QED) is 0.534. The fraction of sp³-hybridized carbons (Fsp3) is 0.280. The molecule has 2 unspecified atom stereocenters. The van der Waals surface area contributed by atoms with Gasteiger partial charge in [0.2, 0.25) is 0 Å². The normalized spacial score (nSPS) is 16.7. The van der Waals surface area contributed by atoms with E-state index >= 15 is 0 Å². The van der Waals surface area contributed by atoms with Crippen molar-refractivity contribution in [2.24, 2.45) is 5.92 Å². The summed E-state index contributed by atoms with van der Waals surface area (Å²) in [6.45, 7) is 6.94. The second kappa shape index (κ2) is 7.11. The summed E-state index contributed by atoms with van der Waals surface area (Å²) < 4.78 is 0. The van der Waals surface area contributed by atoms with Crippen LogP contribution in [0.2, 0.25) is 0 Å². The first-order valence-corrected chi connectivity index (χ1v) is 9.89. The average Bonchev–Trinajstić information content (AvgIpc) is 2.66. The lowest BCUT2D eigenvalue weighted by molar-refractivity contribution is 0.474. The molecule has 2 heteroatoms. The molecule has 0 saturated heterocycles. The van der Waals surface area contributed by atoms with Crippen molar-refractivity contribution in [1.29, 1.82) is 0 Å². The molecule has 0 aromatic heterocycles. The smallest absolute Gasteiger partial charge is 0.0739 e. The molecule has 3 aromatic rings. The van der Waals surface area contributed by atoms with Crippen LogP contribution in [0.3, 0.4) is 0 Å². The highest BCUT2D eigenvalue weighted by Gasteiger charge is 2.28. The SMILES string of the molecule is CC(C)CC(C)N(c1ccccc1)C1C=Cc2c(N)ccc3cccc1c23. The lowest BCUT2D eigenvalue weighted by Gasteiger charge is -2.40. The highest BCUT2D eigenvalue weighted by Crippen LogP contribution is 2.41. The maximum Gasteiger partial charge on any atom is 0.0739 e. The molecular weight excluding hydrogens is 328 g/mol. The summed E-state index contributed by atoms with van der Waals surface area (Å²) in [5.74, 6) is 0.650. The Kier molecular flexibility index (Phi) is 4.65. The number of rotatable bonds is 5. The molecule has 138 valence electrons. The molecule has 2 N–H and O–H groups in total. The van der Waals surface area contributed by atoms with Crippen molar-refractivity contribution in [3.63, 3.8) is 0 Å². The van der Waals surface area contributed by atoms with E-state index in [0.717, 1.165) is 17.7 Å². The van der Waals surface area contributed by atoms with Crippen LogP contribution in [0.5, 0.6) is 0 Å².